The van der Waals surface area contributed by atoms with Crippen molar-refractivity contribution in [3.63, 3.8) is 0 Å². The molecular formula is C38H45N7O3. The molecule has 1 amide bonds. The zero-order valence-corrected chi connectivity index (χ0v) is 28.1. The van der Waals surface area contributed by atoms with E-state index >= 15 is 0 Å². The molecule has 0 radical (unpaired) electrons. The molecule has 5 aliphatic rings. The van der Waals surface area contributed by atoms with Crippen molar-refractivity contribution in [2.24, 2.45) is 5.41 Å². The van der Waals surface area contributed by atoms with Crippen molar-refractivity contribution in [3.05, 3.63) is 53.7 Å². The van der Waals surface area contributed by atoms with Gasteiger partial charge in [-0.1, -0.05) is 12.6 Å². The standard InChI is InChI=1S/C38H45N7O3/c1-4-32(46)45-21-38(22-45)11-15-44(16-12-38)36-29-17-28(25-6-7-25)34(33-23(2)5-8-31-30(33)18-39-42-31)24(3)35(29)40-37(41-36)48-27-9-13-43(14-10-27)26-19-47-20-26/h4-5,8,17-18,25-27H,1,6-7,9-16,19-22H2,2-3H3,(H,39,42). The number of benzene rings is 2. The zero-order chi connectivity index (χ0) is 32.6. The Bertz CT molecular complexity index is 1900. The van der Waals surface area contributed by atoms with Crippen LogP contribution in [0.5, 0.6) is 6.01 Å². The lowest BCUT2D eigenvalue weighted by Crippen LogP contribution is -2.61. The highest BCUT2D eigenvalue weighted by atomic mass is 16.5. The van der Waals surface area contributed by atoms with E-state index in [2.05, 4.69) is 58.6 Å². The van der Waals surface area contributed by atoms with Gasteiger partial charge in [0.25, 0.3) is 0 Å². The van der Waals surface area contributed by atoms with Crippen molar-refractivity contribution in [2.75, 3.05) is 57.4 Å². The molecule has 1 aliphatic carbocycles. The largest absolute Gasteiger partial charge is 0.460 e. The Kier molecular flexibility index (Phi) is 7.24. The number of likely N-dealkylation sites (tertiary alicyclic amines) is 2. The Morgan fingerprint density at radius 2 is 1.79 bits per heavy atom. The molecule has 6 heterocycles. The average molecular weight is 648 g/mol. The van der Waals surface area contributed by atoms with Crippen LogP contribution in [0.3, 0.4) is 0 Å². The number of hydrogen-bond donors (Lipinski definition) is 1. The number of fused-ring (bicyclic) bond motifs is 2. The maximum absolute atomic E-state index is 12.2. The van der Waals surface area contributed by atoms with Crippen LogP contribution in [0.15, 0.2) is 37.1 Å². The van der Waals surface area contributed by atoms with Crippen LogP contribution in [-0.4, -0.2) is 101 Å². The van der Waals surface area contributed by atoms with E-state index in [-0.39, 0.29) is 17.4 Å². The summed E-state index contributed by atoms with van der Waals surface area (Å²) < 4.78 is 12.1. The van der Waals surface area contributed by atoms with Crippen molar-refractivity contribution in [1.82, 2.24) is 30.0 Å². The molecule has 1 saturated carbocycles. The normalized spacial score (nSPS) is 21.9. The molecule has 4 aliphatic heterocycles. The minimum Gasteiger partial charge on any atom is -0.460 e. The van der Waals surface area contributed by atoms with Gasteiger partial charge in [0.15, 0.2) is 0 Å². The van der Waals surface area contributed by atoms with E-state index in [1.807, 2.05) is 11.1 Å². The van der Waals surface area contributed by atoms with Crippen LogP contribution >= 0.6 is 0 Å². The summed E-state index contributed by atoms with van der Waals surface area (Å²) in [5, 5.41) is 9.88. The number of carbonyl (C=O) groups excluding carboxylic acids is 1. The monoisotopic (exact) mass is 647 g/mol. The predicted molar refractivity (Wildman–Crippen MR) is 187 cm³/mol. The molecule has 0 unspecified atom stereocenters. The summed E-state index contributed by atoms with van der Waals surface area (Å²) >= 11 is 0. The average Bonchev–Trinajstić information content (AvgIpc) is 3.80. The van der Waals surface area contributed by atoms with Gasteiger partial charge in [-0.05, 0) is 104 Å². The third-order valence-corrected chi connectivity index (χ3v) is 11.9. The van der Waals surface area contributed by atoms with Crippen LogP contribution in [0.2, 0.25) is 0 Å². The van der Waals surface area contributed by atoms with Gasteiger partial charge in [-0.15, -0.1) is 0 Å². The Labute approximate surface area is 281 Å². The van der Waals surface area contributed by atoms with Crippen LogP contribution in [-0.2, 0) is 9.53 Å². The topological polar surface area (TPSA) is 99.7 Å². The predicted octanol–water partition coefficient (Wildman–Crippen LogP) is 5.52. The molecule has 4 aromatic rings. The summed E-state index contributed by atoms with van der Waals surface area (Å²) in [4.78, 5) is 29.6. The molecule has 1 N–H and O–H groups in total. The maximum atomic E-state index is 12.2. The molecule has 9 rings (SSSR count). The number of aromatic amines is 1. The molecule has 0 bridgehead atoms. The maximum Gasteiger partial charge on any atom is 0.319 e. The second-order valence-electron chi connectivity index (χ2n) is 15.0. The van der Waals surface area contributed by atoms with Crippen LogP contribution in [0.25, 0.3) is 32.9 Å². The summed E-state index contributed by atoms with van der Waals surface area (Å²) in [6, 6.07) is 7.78. The molecule has 10 nitrogen and oxygen atoms in total. The van der Waals surface area contributed by atoms with Crippen molar-refractivity contribution in [1.29, 1.82) is 0 Å². The van der Waals surface area contributed by atoms with Gasteiger partial charge in [0.2, 0.25) is 5.91 Å². The van der Waals surface area contributed by atoms with Gasteiger partial charge in [-0.3, -0.25) is 14.8 Å². The number of aromatic nitrogens is 4. The van der Waals surface area contributed by atoms with E-state index in [1.54, 1.807) is 0 Å². The van der Waals surface area contributed by atoms with E-state index in [4.69, 9.17) is 19.4 Å². The van der Waals surface area contributed by atoms with Crippen molar-refractivity contribution < 1.29 is 14.3 Å². The SMILES string of the molecule is C=CC(=O)N1CC2(CCN(c3nc(OC4CCN(C5COC5)CC4)nc4c(C)c(-c5c(C)ccc6[nH]ncc56)c(C5CC5)cc34)CC2)C1. The quantitative estimate of drug-likeness (QED) is 0.262. The third-order valence-electron chi connectivity index (χ3n) is 11.9. The van der Waals surface area contributed by atoms with E-state index < -0.39 is 0 Å². The van der Waals surface area contributed by atoms with Crippen molar-refractivity contribution >= 4 is 33.5 Å². The highest BCUT2D eigenvalue weighted by molar-refractivity contribution is 6.03. The molecule has 5 fully saturated rings. The van der Waals surface area contributed by atoms with Gasteiger partial charge in [-0.25, -0.2) is 0 Å². The third kappa shape index (κ3) is 5.06. The zero-order valence-electron chi connectivity index (χ0n) is 28.1. The second-order valence-corrected chi connectivity index (χ2v) is 15.0. The van der Waals surface area contributed by atoms with Crippen LogP contribution < -0.4 is 9.64 Å². The van der Waals surface area contributed by atoms with E-state index in [0.29, 0.717) is 18.0 Å². The van der Waals surface area contributed by atoms with Crippen LogP contribution in [0.1, 0.15) is 61.1 Å². The molecular weight excluding hydrogens is 602 g/mol. The van der Waals surface area contributed by atoms with Crippen molar-refractivity contribution in [2.45, 2.75) is 70.4 Å². The summed E-state index contributed by atoms with van der Waals surface area (Å²) in [5.74, 6) is 1.56. The molecule has 2 aromatic carbocycles. The number of rotatable bonds is 7. The number of aryl methyl sites for hydroxylation is 2. The van der Waals surface area contributed by atoms with Gasteiger partial charge in [0.1, 0.15) is 11.9 Å². The minimum atomic E-state index is 0.0405. The first-order chi connectivity index (χ1) is 23.4. The molecule has 250 valence electrons. The van der Waals surface area contributed by atoms with Crippen LogP contribution in [0, 0.1) is 19.3 Å². The van der Waals surface area contributed by atoms with Gasteiger partial charge in [0.05, 0.1) is 36.5 Å². The fourth-order valence-electron chi connectivity index (χ4n) is 8.72. The lowest BCUT2D eigenvalue weighted by Gasteiger charge is -2.54. The molecule has 0 atom stereocenters. The fourth-order valence-corrected chi connectivity index (χ4v) is 8.72. The lowest BCUT2D eigenvalue weighted by atomic mass is 9.72. The Balaban J connectivity index is 1.11. The number of hydrogen-bond acceptors (Lipinski definition) is 8. The summed E-state index contributed by atoms with van der Waals surface area (Å²) in [6.45, 7) is 15.3. The Hall–Kier alpha value is -4.02. The highest BCUT2D eigenvalue weighted by Gasteiger charge is 2.46. The second kappa shape index (κ2) is 11.6. The molecule has 4 saturated heterocycles. The molecule has 2 aromatic heterocycles. The van der Waals surface area contributed by atoms with Gasteiger partial charge in [-0.2, -0.15) is 15.1 Å². The number of anilines is 1. The molecule has 10 heteroatoms. The summed E-state index contributed by atoms with van der Waals surface area (Å²) in [6.07, 6.45) is 9.89. The number of piperidine rings is 2. The first-order valence-electron chi connectivity index (χ1n) is 17.8. The first-order valence-corrected chi connectivity index (χ1v) is 17.8. The number of ether oxygens (including phenoxy) is 2. The van der Waals surface area contributed by atoms with Gasteiger partial charge in [0, 0.05) is 55.5 Å². The summed E-state index contributed by atoms with van der Waals surface area (Å²) in [5.41, 5.74) is 8.59. The molecule has 1 spiro atoms. The van der Waals surface area contributed by atoms with Crippen molar-refractivity contribution in [3.8, 4) is 17.1 Å². The number of nitrogens with zero attached hydrogens (tertiary/aromatic N) is 6. The highest BCUT2D eigenvalue weighted by Crippen LogP contribution is 2.50. The fraction of sp³-hybridized carbons (Fsp3) is 0.526. The molecule has 48 heavy (non-hydrogen) atoms. The van der Waals surface area contributed by atoms with Gasteiger partial charge >= 0.3 is 6.01 Å². The minimum absolute atomic E-state index is 0.0405. The van der Waals surface area contributed by atoms with E-state index in [1.165, 1.54) is 46.7 Å². The van der Waals surface area contributed by atoms with E-state index in [9.17, 15) is 4.79 Å². The Morgan fingerprint density at radius 1 is 1.02 bits per heavy atom. The number of H-pyrrole nitrogens is 1. The van der Waals surface area contributed by atoms with Crippen LogP contribution in [0.4, 0.5) is 5.82 Å². The lowest BCUT2D eigenvalue weighted by molar-refractivity contribution is -0.139. The Morgan fingerprint density at radius 3 is 2.48 bits per heavy atom. The van der Waals surface area contributed by atoms with E-state index in [0.717, 1.165) is 106 Å². The van der Waals surface area contributed by atoms with Gasteiger partial charge < -0.3 is 19.3 Å². The number of nitrogens with one attached hydrogen (secondary N) is 1. The number of carbonyl (C=O) groups is 1. The number of amides is 1. The smallest absolute Gasteiger partial charge is 0.319 e. The summed E-state index contributed by atoms with van der Waals surface area (Å²) in [7, 11) is 0. The first kappa shape index (κ1) is 30.1.